The Morgan fingerprint density at radius 3 is 2.64 bits per heavy atom. The van der Waals surface area contributed by atoms with Crippen molar-refractivity contribution in [2.45, 2.75) is 32.7 Å². The third-order valence-electron chi connectivity index (χ3n) is 4.25. The Morgan fingerprint density at radius 1 is 1.24 bits per heavy atom. The summed E-state index contributed by atoms with van der Waals surface area (Å²) in [6.45, 7) is 2.52. The normalized spacial score (nSPS) is 11.2. The van der Waals surface area contributed by atoms with Gasteiger partial charge in [-0.05, 0) is 28.8 Å². The van der Waals surface area contributed by atoms with Crippen LogP contribution < -0.4 is 0 Å². The quantitative estimate of drug-likeness (QED) is 0.568. The van der Waals surface area contributed by atoms with Gasteiger partial charge in [0.1, 0.15) is 5.82 Å². The summed E-state index contributed by atoms with van der Waals surface area (Å²) in [5.74, 6) is -0.335. The number of halogens is 2. The third kappa shape index (κ3) is 3.58. The second-order valence-corrected chi connectivity index (χ2v) is 7.13. The number of imidazole rings is 1. The van der Waals surface area contributed by atoms with E-state index >= 15 is 0 Å². The van der Waals surface area contributed by atoms with Crippen molar-refractivity contribution in [2.75, 3.05) is 0 Å². The van der Waals surface area contributed by atoms with Gasteiger partial charge < -0.3 is 9.67 Å². The van der Waals surface area contributed by atoms with Gasteiger partial charge in [-0.1, -0.05) is 71.2 Å². The smallest absolute Gasteiger partial charge is 0.355 e. The molecule has 1 N–H and O–H groups in total. The number of carboxylic acids is 1. The molecule has 25 heavy (non-hydrogen) atoms. The summed E-state index contributed by atoms with van der Waals surface area (Å²) in [7, 11) is 0. The number of aromatic nitrogens is 2. The standard InChI is InChI=1S/C19H18BrClN2O2/c1-2-3-8-16-22-18(21)17(19(24)25)23(16)11-12-9-10-15(20)14-7-5-4-6-13(12)14/h4-7,9-10H,2-3,8,11H2,1H3,(H,24,25). The average molecular weight is 422 g/mol. The highest BCUT2D eigenvalue weighted by Gasteiger charge is 2.22. The van der Waals surface area contributed by atoms with E-state index in [2.05, 4.69) is 27.8 Å². The zero-order chi connectivity index (χ0) is 18.0. The molecule has 0 saturated carbocycles. The number of hydrogen-bond acceptors (Lipinski definition) is 2. The van der Waals surface area contributed by atoms with Gasteiger partial charge in [0, 0.05) is 10.9 Å². The molecule has 0 saturated heterocycles. The van der Waals surface area contributed by atoms with Crippen molar-refractivity contribution in [3.05, 3.63) is 63.1 Å². The van der Waals surface area contributed by atoms with Crippen LogP contribution in [0.2, 0.25) is 5.15 Å². The molecule has 0 unspecified atom stereocenters. The molecule has 0 atom stereocenters. The number of nitrogens with zero attached hydrogens (tertiary/aromatic N) is 2. The van der Waals surface area contributed by atoms with Gasteiger partial charge in [0.05, 0.1) is 6.54 Å². The second-order valence-electron chi connectivity index (χ2n) is 5.91. The number of rotatable bonds is 6. The van der Waals surface area contributed by atoms with Gasteiger partial charge >= 0.3 is 5.97 Å². The van der Waals surface area contributed by atoms with E-state index in [1.165, 1.54) is 0 Å². The Hall–Kier alpha value is -1.85. The largest absolute Gasteiger partial charge is 0.476 e. The lowest BCUT2D eigenvalue weighted by molar-refractivity contribution is 0.0685. The van der Waals surface area contributed by atoms with E-state index in [9.17, 15) is 9.90 Å². The van der Waals surface area contributed by atoms with Crippen molar-refractivity contribution in [2.24, 2.45) is 0 Å². The second kappa shape index (κ2) is 7.58. The first-order valence-electron chi connectivity index (χ1n) is 8.17. The Bertz CT molecular complexity index is 937. The van der Waals surface area contributed by atoms with Crippen LogP contribution in [0.4, 0.5) is 0 Å². The highest BCUT2D eigenvalue weighted by molar-refractivity contribution is 9.10. The molecule has 3 aromatic rings. The van der Waals surface area contributed by atoms with Gasteiger partial charge in [0.25, 0.3) is 0 Å². The lowest BCUT2D eigenvalue weighted by Gasteiger charge is -2.13. The van der Waals surface area contributed by atoms with E-state index in [1.807, 2.05) is 36.4 Å². The molecule has 0 aliphatic carbocycles. The summed E-state index contributed by atoms with van der Waals surface area (Å²) in [5.41, 5.74) is 1.09. The molecule has 0 spiro atoms. The van der Waals surface area contributed by atoms with E-state index < -0.39 is 5.97 Å². The molecule has 1 heterocycles. The van der Waals surface area contributed by atoms with E-state index in [-0.39, 0.29) is 10.8 Å². The van der Waals surface area contributed by atoms with E-state index in [4.69, 9.17) is 11.6 Å². The topological polar surface area (TPSA) is 55.1 Å². The molecule has 2 aromatic carbocycles. The Morgan fingerprint density at radius 2 is 1.96 bits per heavy atom. The summed E-state index contributed by atoms with van der Waals surface area (Å²) in [6, 6.07) is 12.0. The first kappa shape index (κ1) is 18.0. The SMILES string of the molecule is CCCCc1nc(Cl)c(C(=O)O)n1Cc1ccc(Br)c2ccccc12. The van der Waals surface area contributed by atoms with E-state index in [0.29, 0.717) is 13.0 Å². The predicted molar refractivity (Wildman–Crippen MR) is 104 cm³/mol. The van der Waals surface area contributed by atoms with Crippen LogP contribution in [0.5, 0.6) is 0 Å². The Kier molecular flexibility index (Phi) is 5.45. The number of fused-ring (bicyclic) bond motifs is 1. The van der Waals surface area contributed by atoms with Crippen molar-refractivity contribution in [1.29, 1.82) is 0 Å². The Balaban J connectivity index is 2.11. The zero-order valence-electron chi connectivity index (χ0n) is 13.8. The fraction of sp³-hybridized carbons (Fsp3) is 0.263. The lowest BCUT2D eigenvalue weighted by Crippen LogP contribution is -2.13. The van der Waals surface area contributed by atoms with Crippen molar-refractivity contribution < 1.29 is 9.90 Å². The van der Waals surface area contributed by atoms with Crippen LogP contribution in [-0.2, 0) is 13.0 Å². The molecule has 0 bridgehead atoms. The number of benzene rings is 2. The van der Waals surface area contributed by atoms with Crippen LogP contribution in [0, 0.1) is 0 Å². The van der Waals surface area contributed by atoms with Gasteiger partial charge in [-0.3, -0.25) is 0 Å². The number of unbranched alkanes of at least 4 members (excludes halogenated alkanes) is 1. The van der Waals surface area contributed by atoms with Gasteiger partial charge in [0.15, 0.2) is 10.8 Å². The maximum absolute atomic E-state index is 11.7. The molecule has 1 aromatic heterocycles. The lowest BCUT2D eigenvalue weighted by atomic mass is 10.0. The monoisotopic (exact) mass is 420 g/mol. The fourth-order valence-electron chi connectivity index (χ4n) is 3.00. The van der Waals surface area contributed by atoms with Gasteiger partial charge in [-0.25, -0.2) is 9.78 Å². The summed E-state index contributed by atoms with van der Waals surface area (Å²) in [6.07, 6.45) is 2.65. The maximum atomic E-state index is 11.7. The molecule has 0 aliphatic heterocycles. The minimum atomic E-state index is -1.05. The summed E-state index contributed by atoms with van der Waals surface area (Å²) in [5, 5.41) is 11.8. The van der Waals surface area contributed by atoms with Crippen molar-refractivity contribution in [3.8, 4) is 0 Å². The van der Waals surface area contributed by atoms with Crippen molar-refractivity contribution >= 4 is 44.3 Å². The number of carbonyl (C=O) groups is 1. The summed E-state index contributed by atoms with van der Waals surface area (Å²) in [4.78, 5) is 16.0. The highest BCUT2D eigenvalue weighted by Crippen LogP contribution is 2.29. The van der Waals surface area contributed by atoms with Crippen LogP contribution in [0.25, 0.3) is 10.8 Å². The fourth-order valence-corrected chi connectivity index (χ4v) is 3.76. The van der Waals surface area contributed by atoms with Crippen LogP contribution in [0.1, 0.15) is 41.6 Å². The number of carboxylic acid groups (broad SMARTS) is 1. The van der Waals surface area contributed by atoms with Gasteiger partial charge in [-0.2, -0.15) is 0 Å². The molecule has 130 valence electrons. The molecule has 0 amide bonds. The van der Waals surface area contributed by atoms with Crippen LogP contribution in [-0.4, -0.2) is 20.6 Å². The molecule has 4 nitrogen and oxygen atoms in total. The summed E-state index contributed by atoms with van der Waals surface area (Å²) < 4.78 is 2.75. The molecule has 3 rings (SSSR count). The van der Waals surface area contributed by atoms with Crippen LogP contribution >= 0.6 is 27.5 Å². The predicted octanol–water partition coefficient (Wildman–Crippen LogP) is 5.54. The molecular weight excluding hydrogens is 404 g/mol. The van der Waals surface area contributed by atoms with Crippen molar-refractivity contribution in [1.82, 2.24) is 9.55 Å². The first-order valence-corrected chi connectivity index (χ1v) is 9.34. The number of aryl methyl sites for hydroxylation is 1. The van der Waals surface area contributed by atoms with Crippen LogP contribution in [0.15, 0.2) is 40.9 Å². The summed E-state index contributed by atoms with van der Waals surface area (Å²) >= 11 is 9.69. The molecular formula is C19H18BrClN2O2. The van der Waals surface area contributed by atoms with Crippen molar-refractivity contribution in [3.63, 3.8) is 0 Å². The molecule has 0 fully saturated rings. The van der Waals surface area contributed by atoms with Gasteiger partial charge in [-0.15, -0.1) is 0 Å². The first-order chi connectivity index (χ1) is 12.0. The maximum Gasteiger partial charge on any atom is 0.355 e. The van der Waals surface area contributed by atoms with Crippen LogP contribution in [0.3, 0.4) is 0 Å². The minimum Gasteiger partial charge on any atom is -0.476 e. The van der Waals surface area contributed by atoms with E-state index in [1.54, 1.807) is 4.57 Å². The number of hydrogen-bond donors (Lipinski definition) is 1. The zero-order valence-corrected chi connectivity index (χ0v) is 16.1. The minimum absolute atomic E-state index is 0.0553. The molecule has 6 heteroatoms. The highest BCUT2D eigenvalue weighted by atomic mass is 79.9. The molecule has 0 aliphatic rings. The van der Waals surface area contributed by atoms with E-state index in [0.717, 1.165) is 39.5 Å². The molecule has 0 radical (unpaired) electrons. The average Bonchev–Trinajstić information content (AvgIpc) is 2.91. The number of aromatic carboxylic acids is 1. The Labute approximate surface area is 159 Å². The van der Waals surface area contributed by atoms with Gasteiger partial charge in [0.2, 0.25) is 0 Å². The third-order valence-corrected chi connectivity index (χ3v) is 5.21.